The summed E-state index contributed by atoms with van der Waals surface area (Å²) in [6.07, 6.45) is 2.16. The highest BCUT2D eigenvalue weighted by atomic mass is 32.2. The number of fused-ring (bicyclic) bond motifs is 1. The average Bonchev–Trinajstić information content (AvgIpc) is 2.88. The van der Waals surface area contributed by atoms with Gasteiger partial charge in [0.25, 0.3) is 10.0 Å². The van der Waals surface area contributed by atoms with E-state index in [0.717, 1.165) is 23.5 Å². The number of sulfonamides is 1. The van der Waals surface area contributed by atoms with Gasteiger partial charge < -0.3 is 5.32 Å². The van der Waals surface area contributed by atoms with Crippen LogP contribution in [0.4, 0.5) is 5.13 Å². The largest absolute Gasteiger partial charge is 0.311 e. The van der Waals surface area contributed by atoms with Crippen LogP contribution in [0.5, 0.6) is 0 Å². The number of rotatable bonds is 3. The van der Waals surface area contributed by atoms with E-state index in [-0.39, 0.29) is 10.6 Å². The van der Waals surface area contributed by atoms with E-state index in [2.05, 4.69) is 20.0 Å². The third kappa shape index (κ3) is 2.73. The molecule has 0 saturated heterocycles. The van der Waals surface area contributed by atoms with E-state index in [1.165, 1.54) is 29.7 Å². The van der Waals surface area contributed by atoms with Crippen molar-refractivity contribution in [3.8, 4) is 6.07 Å². The van der Waals surface area contributed by atoms with Crippen LogP contribution in [0.3, 0.4) is 0 Å². The Morgan fingerprint density at radius 3 is 3.10 bits per heavy atom. The highest BCUT2D eigenvalue weighted by Crippen LogP contribution is 2.27. The predicted molar refractivity (Wildman–Crippen MR) is 77.3 cm³/mol. The molecule has 2 aromatic rings. The van der Waals surface area contributed by atoms with Crippen LogP contribution in [0.1, 0.15) is 16.3 Å². The van der Waals surface area contributed by atoms with E-state index in [1.54, 1.807) is 6.07 Å². The van der Waals surface area contributed by atoms with Crippen LogP contribution in [-0.4, -0.2) is 24.9 Å². The van der Waals surface area contributed by atoms with Crippen LogP contribution in [0.15, 0.2) is 23.2 Å². The number of aromatic nitrogens is 2. The Kier molecular flexibility index (Phi) is 3.59. The lowest BCUT2D eigenvalue weighted by Crippen LogP contribution is -2.22. The number of nitrogens with one attached hydrogen (secondary N) is 2. The standard InChI is InChI=1S/C12H11N5O2S2/c13-6-9-11(2-1-4-15-9)21(18,19)17-12-16-8-3-5-14-7-10(8)20-12/h1-2,4,14H,3,5,7H2,(H,16,17). The number of pyridine rings is 1. The number of hydrogen-bond acceptors (Lipinski definition) is 7. The molecule has 0 radical (unpaired) electrons. The first-order valence-corrected chi connectivity index (χ1v) is 8.47. The number of anilines is 1. The van der Waals surface area contributed by atoms with Gasteiger partial charge in [0.15, 0.2) is 10.8 Å². The molecule has 3 rings (SSSR count). The summed E-state index contributed by atoms with van der Waals surface area (Å²) in [6.45, 7) is 1.54. The molecule has 21 heavy (non-hydrogen) atoms. The lowest BCUT2D eigenvalue weighted by atomic mass is 10.2. The second kappa shape index (κ2) is 5.40. The van der Waals surface area contributed by atoms with Gasteiger partial charge in [0, 0.05) is 30.6 Å². The van der Waals surface area contributed by atoms with Gasteiger partial charge >= 0.3 is 0 Å². The van der Waals surface area contributed by atoms with Crippen molar-refractivity contribution in [1.82, 2.24) is 15.3 Å². The molecule has 2 aromatic heterocycles. The van der Waals surface area contributed by atoms with Crippen molar-refractivity contribution in [1.29, 1.82) is 5.26 Å². The fourth-order valence-corrected chi connectivity index (χ4v) is 4.35. The van der Waals surface area contributed by atoms with Crippen molar-refractivity contribution in [2.75, 3.05) is 11.3 Å². The van der Waals surface area contributed by atoms with Gasteiger partial charge in [0.1, 0.15) is 11.0 Å². The quantitative estimate of drug-likeness (QED) is 0.868. The molecule has 0 amide bonds. The van der Waals surface area contributed by atoms with E-state index in [0.29, 0.717) is 11.7 Å². The first kappa shape index (κ1) is 13.9. The van der Waals surface area contributed by atoms with E-state index in [4.69, 9.17) is 5.26 Å². The fraction of sp³-hybridized carbons (Fsp3) is 0.250. The molecular weight excluding hydrogens is 310 g/mol. The Morgan fingerprint density at radius 2 is 2.33 bits per heavy atom. The average molecular weight is 321 g/mol. The van der Waals surface area contributed by atoms with Gasteiger partial charge in [0.2, 0.25) is 0 Å². The summed E-state index contributed by atoms with van der Waals surface area (Å²) >= 11 is 1.30. The SMILES string of the molecule is N#Cc1ncccc1S(=O)(=O)Nc1nc2c(s1)CNCC2. The third-order valence-corrected chi connectivity index (χ3v) is 5.50. The molecule has 0 spiro atoms. The van der Waals surface area contributed by atoms with Crippen LogP contribution >= 0.6 is 11.3 Å². The van der Waals surface area contributed by atoms with E-state index in [9.17, 15) is 8.42 Å². The van der Waals surface area contributed by atoms with Crippen LogP contribution in [0.25, 0.3) is 0 Å². The maximum atomic E-state index is 12.3. The second-order valence-electron chi connectivity index (χ2n) is 4.38. The Balaban J connectivity index is 1.93. The maximum absolute atomic E-state index is 12.3. The Hall–Kier alpha value is -2.02. The van der Waals surface area contributed by atoms with Gasteiger partial charge in [-0.05, 0) is 12.1 Å². The first-order valence-electron chi connectivity index (χ1n) is 6.17. The molecule has 0 aliphatic carbocycles. The zero-order valence-electron chi connectivity index (χ0n) is 10.8. The maximum Gasteiger partial charge on any atom is 0.266 e. The van der Waals surface area contributed by atoms with Crippen molar-refractivity contribution in [3.63, 3.8) is 0 Å². The zero-order valence-corrected chi connectivity index (χ0v) is 12.5. The highest BCUT2D eigenvalue weighted by Gasteiger charge is 2.22. The summed E-state index contributed by atoms with van der Waals surface area (Å²) in [7, 11) is -3.86. The normalized spacial score (nSPS) is 14.2. The molecule has 1 aliphatic rings. The van der Waals surface area contributed by atoms with Crippen molar-refractivity contribution in [2.24, 2.45) is 0 Å². The fourth-order valence-electron chi connectivity index (χ4n) is 2.03. The lowest BCUT2D eigenvalue weighted by Gasteiger charge is -2.09. The lowest BCUT2D eigenvalue weighted by molar-refractivity contribution is 0.600. The second-order valence-corrected chi connectivity index (χ2v) is 7.12. The molecule has 2 N–H and O–H groups in total. The molecule has 3 heterocycles. The smallest absolute Gasteiger partial charge is 0.266 e. The highest BCUT2D eigenvalue weighted by molar-refractivity contribution is 7.93. The van der Waals surface area contributed by atoms with Crippen molar-refractivity contribution < 1.29 is 8.42 Å². The van der Waals surface area contributed by atoms with Gasteiger partial charge in [-0.1, -0.05) is 11.3 Å². The van der Waals surface area contributed by atoms with Gasteiger partial charge in [-0.25, -0.2) is 18.4 Å². The molecule has 0 fully saturated rings. The molecule has 1 aliphatic heterocycles. The molecule has 0 bridgehead atoms. The minimum Gasteiger partial charge on any atom is -0.311 e. The molecule has 9 heteroatoms. The van der Waals surface area contributed by atoms with Gasteiger partial charge in [0.05, 0.1) is 5.69 Å². The van der Waals surface area contributed by atoms with E-state index in [1.807, 2.05) is 0 Å². The molecular formula is C12H11N5O2S2. The van der Waals surface area contributed by atoms with Crippen LogP contribution in [-0.2, 0) is 23.0 Å². The number of nitriles is 1. The molecule has 0 unspecified atom stereocenters. The van der Waals surface area contributed by atoms with Gasteiger partial charge in [-0.15, -0.1) is 0 Å². The Labute approximate surface area is 125 Å². The monoisotopic (exact) mass is 321 g/mol. The number of nitrogens with zero attached hydrogens (tertiary/aromatic N) is 3. The number of thiazole rings is 1. The predicted octanol–water partition coefficient (Wildman–Crippen LogP) is 0.856. The zero-order chi connectivity index (χ0) is 14.9. The minimum absolute atomic E-state index is 0.131. The third-order valence-electron chi connectivity index (χ3n) is 2.99. The Bertz CT molecular complexity index is 799. The van der Waals surface area contributed by atoms with E-state index < -0.39 is 10.0 Å². The summed E-state index contributed by atoms with van der Waals surface area (Å²) in [6, 6.07) is 4.61. The van der Waals surface area contributed by atoms with Gasteiger partial charge in [-0.3, -0.25) is 4.72 Å². The molecule has 0 saturated carbocycles. The van der Waals surface area contributed by atoms with Crippen molar-refractivity contribution in [3.05, 3.63) is 34.6 Å². The molecule has 0 aromatic carbocycles. The summed E-state index contributed by atoms with van der Waals surface area (Å²) < 4.78 is 27.1. The Morgan fingerprint density at radius 1 is 1.48 bits per heavy atom. The molecule has 7 nitrogen and oxygen atoms in total. The topological polar surface area (TPSA) is 108 Å². The molecule has 108 valence electrons. The summed E-state index contributed by atoms with van der Waals surface area (Å²) in [5, 5.41) is 12.5. The summed E-state index contributed by atoms with van der Waals surface area (Å²) in [4.78, 5) is 8.96. The van der Waals surface area contributed by atoms with Crippen LogP contribution in [0.2, 0.25) is 0 Å². The summed E-state index contributed by atoms with van der Waals surface area (Å²) in [5.41, 5.74) is 0.788. The first-order chi connectivity index (χ1) is 10.1. The van der Waals surface area contributed by atoms with Crippen molar-refractivity contribution in [2.45, 2.75) is 17.9 Å². The van der Waals surface area contributed by atoms with Crippen molar-refractivity contribution >= 4 is 26.5 Å². The molecule has 0 atom stereocenters. The van der Waals surface area contributed by atoms with Crippen LogP contribution < -0.4 is 10.0 Å². The number of hydrogen-bond donors (Lipinski definition) is 2. The van der Waals surface area contributed by atoms with Crippen LogP contribution in [0, 0.1) is 11.3 Å². The van der Waals surface area contributed by atoms with E-state index >= 15 is 0 Å². The minimum atomic E-state index is -3.86. The summed E-state index contributed by atoms with van der Waals surface area (Å²) in [5.74, 6) is 0. The van der Waals surface area contributed by atoms with Gasteiger partial charge in [-0.2, -0.15) is 5.26 Å².